The van der Waals surface area contributed by atoms with Crippen LogP contribution in [0.2, 0.25) is 0 Å². The number of morpholine rings is 1. The van der Waals surface area contributed by atoms with E-state index in [1.807, 2.05) is 4.90 Å². The van der Waals surface area contributed by atoms with Gasteiger partial charge in [0.05, 0.1) is 19.3 Å². The average molecular weight is 227 g/mol. The van der Waals surface area contributed by atoms with Gasteiger partial charge < -0.3 is 9.64 Å². The van der Waals surface area contributed by atoms with E-state index < -0.39 is 0 Å². The summed E-state index contributed by atoms with van der Waals surface area (Å²) in [6, 6.07) is 0.272. The van der Waals surface area contributed by atoms with Crippen molar-refractivity contribution < 1.29 is 9.53 Å². The van der Waals surface area contributed by atoms with E-state index in [9.17, 15) is 4.79 Å². The molecule has 0 saturated carbocycles. The van der Waals surface area contributed by atoms with Crippen molar-refractivity contribution in [3.05, 3.63) is 0 Å². The van der Waals surface area contributed by atoms with Gasteiger partial charge in [0.15, 0.2) is 0 Å². The third kappa shape index (κ3) is 3.78. The molecule has 1 atom stereocenters. The van der Waals surface area contributed by atoms with Crippen LogP contribution in [0.3, 0.4) is 0 Å². The number of carbonyl (C=O) groups is 1. The zero-order chi connectivity index (χ0) is 12.1. The molecule has 0 radical (unpaired) electrons. The second-order valence-electron chi connectivity index (χ2n) is 5.41. The van der Waals surface area contributed by atoms with Crippen molar-refractivity contribution in [2.45, 2.75) is 46.6 Å². The molecule has 1 rings (SSSR count). The predicted octanol–water partition coefficient (Wildman–Crippen LogP) is 2.31. The molecule has 1 unspecified atom stereocenters. The second-order valence-corrected chi connectivity index (χ2v) is 5.41. The lowest BCUT2D eigenvalue weighted by Crippen LogP contribution is -2.51. The van der Waals surface area contributed by atoms with Crippen molar-refractivity contribution in [2.24, 2.45) is 11.8 Å². The van der Waals surface area contributed by atoms with Crippen LogP contribution in [0.25, 0.3) is 0 Å². The number of carbonyl (C=O) groups excluding carboxylic acids is 1. The highest BCUT2D eigenvalue weighted by atomic mass is 16.5. The smallest absolute Gasteiger partial charge is 0.222 e. The van der Waals surface area contributed by atoms with Crippen LogP contribution in [0.15, 0.2) is 0 Å². The normalized spacial score (nSPS) is 21.9. The van der Waals surface area contributed by atoms with Gasteiger partial charge >= 0.3 is 0 Å². The number of rotatable bonds is 4. The molecule has 3 heteroatoms. The summed E-state index contributed by atoms with van der Waals surface area (Å²) >= 11 is 0. The number of amides is 1. The van der Waals surface area contributed by atoms with Gasteiger partial charge in [0.25, 0.3) is 0 Å². The molecule has 0 aromatic rings. The first-order chi connectivity index (χ1) is 7.52. The molecule has 0 spiro atoms. The van der Waals surface area contributed by atoms with Gasteiger partial charge in [0, 0.05) is 13.0 Å². The van der Waals surface area contributed by atoms with Gasteiger partial charge in [-0.2, -0.15) is 0 Å². The molecular weight excluding hydrogens is 202 g/mol. The van der Waals surface area contributed by atoms with Crippen molar-refractivity contribution in [3.8, 4) is 0 Å². The lowest BCUT2D eigenvalue weighted by atomic mass is 10.0. The fourth-order valence-corrected chi connectivity index (χ4v) is 2.04. The highest BCUT2D eigenvalue weighted by molar-refractivity contribution is 5.76. The SMILES string of the molecule is CC(C)CCC(=O)N1CCOCC1C(C)C. The molecule has 0 aliphatic carbocycles. The van der Waals surface area contributed by atoms with E-state index in [0.717, 1.165) is 13.0 Å². The summed E-state index contributed by atoms with van der Waals surface area (Å²) in [7, 11) is 0. The van der Waals surface area contributed by atoms with E-state index in [4.69, 9.17) is 4.74 Å². The molecule has 94 valence electrons. The Hall–Kier alpha value is -0.570. The van der Waals surface area contributed by atoms with Gasteiger partial charge in [-0.3, -0.25) is 4.79 Å². The number of hydrogen-bond acceptors (Lipinski definition) is 2. The topological polar surface area (TPSA) is 29.5 Å². The van der Waals surface area contributed by atoms with Crippen LogP contribution in [0.5, 0.6) is 0 Å². The number of hydrogen-bond donors (Lipinski definition) is 0. The van der Waals surface area contributed by atoms with Crippen LogP contribution in [0.4, 0.5) is 0 Å². The maximum absolute atomic E-state index is 12.1. The van der Waals surface area contributed by atoms with Crippen LogP contribution in [-0.4, -0.2) is 36.6 Å². The monoisotopic (exact) mass is 227 g/mol. The van der Waals surface area contributed by atoms with Crippen LogP contribution in [0.1, 0.15) is 40.5 Å². The Morgan fingerprint density at radius 1 is 1.38 bits per heavy atom. The number of nitrogens with zero attached hydrogens (tertiary/aromatic N) is 1. The molecule has 1 aliphatic heterocycles. The van der Waals surface area contributed by atoms with E-state index in [2.05, 4.69) is 27.7 Å². The highest BCUT2D eigenvalue weighted by Gasteiger charge is 2.28. The zero-order valence-corrected chi connectivity index (χ0v) is 11.0. The van der Waals surface area contributed by atoms with Crippen molar-refractivity contribution in [3.63, 3.8) is 0 Å². The molecule has 0 N–H and O–H groups in total. The van der Waals surface area contributed by atoms with Crippen molar-refractivity contribution in [1.82, 2.24) is 4.90 Å². The fraction of sp³-hybridized carbons (Fsp3) is 0.923. The lowest BCUT2D eigenvalue weighted by Gasteiger charge is -2.38. The summed E-state index contributed by atoms with van der Waals surface area (Å²) in [4.78, 5) is 14.1. The molecule has 1 amide bonds. The van der Waals surface area contributed by atoms with Gasteiger partial charge in [0.2, 0.25) is 5.91 Å². The summed E-state index contributed by atoms with van der Waals surface area (Å²) < 4.78 is 5.46. The van der Waals surface area contributed by atoms with Gasteiger partial charge in [-0.1, -0.05) is 27.7 Å². The van der Waals surface area contributed by atoms with Crippen molar-refractivity contribution in [1.29, 1.82) is 0 Å². The summed E-state index contributed by atoms with van der Waals surface area (Å²) in [6.07, 6.45) is 1.67. The molecule has 0 aromatic heterocycles. The predicted molar refractivity (Wildman–Crippen MR) is 65.2 cm³/mol. The highest BCUT2D eigenvalue weighted by Crippen LogP contribution is 2.17. The average Bonchev–Trinajstić information content (AvgIpc) is 2.25. The summed E-state index contributed by atoms with van der Waals surface area (Å²) in [5.74, 6) is 1.38. The third-order valence-corrected chi connectivity index (χ3v) is 3.19. The van der Waals surface area contributed by atoms with Gasteiger partial charge in [-0.05, 0) is 18.3 Å². The fourth-order valence-electron chi connectivity index (χ4n) is 2.04. The molecule has 3 nitrogen and oxygen atoms in total. The Kier molecular flexibility index (Phi) is 5.26. The second kappa shape index (κ2) is 6.24. The van der Waals surface area contributed by atoms with E-state index in [0.29, 0.717) is 37.4 Å². The summed E-state index contributed by atoms with van der Waals surface area (Å²) in [5, 5.41) is 0. The Morgan fingerprint density at radius 2 is 2.06 bits per heavy atom. The quantitative estimate of drug-likeness (QED) is 0.737. The molecule has 1 fully saturated rings. The molecule has 16 heavy (non-hydrogen) atoms. The lowest BCUT2D eigenvalue weighted by molar-refractivity contribution is -0.142. The minimum absolute atomic E-state index is 0.272. The molecule has 0 aromatic carbocycles. The largest absolute Gasteiger partial charge is 0.377 e. The Balaban J connectivity index is 2.50. The molecule has 1 aliphatic rings. The Labute approximate surface area is 99.1 Å². The summed E-state index contributed by atoms with van der Waals surface area (Å²) in [5.41, 5.74) is 0. The first kappa shape index (κ1) is 13.5. The Morgan fingerprint density at radius 3 is 2.62 bits per heavy atom. The standard InChI is InChI=1S/C13H25NO2/c1-10(2)5-6-13(15)14-7-8-16-9-12(14)11(3)4/h10-12H,5-9H2,1-4H3. The maximum Gasteiger partial charge on any atom is 0.222 e. The Bertz CT molecular complexity index is 226. The maximum atomic E-state index is 12.1. The van der Waals surface area contributed by atoms with Crippen LogP contribution in [-0.2, 0) is 9.53 Å². The van der Waals surface area contributed by atoms with Crippen LogP contribution >= 0.6 is 0 Å². The molecule has 0 bridgehead atoms. The minimum Gasteiger partial charge on any atom is -0.377 e. The van der Waals surface area contributed by atoms with Gasteiger partial charge in [-0.25, -0.2) is 0 Å². The van der Waals surface area contributed by atoms with Crippen molar-refractivity contribution in [2.75, 3.05) is 19.8 Å². The zero-order valence-electron chi connectivity index (χ0n) is 11.0. The van der Waals surface area contributed by atoms with E-state index in [1.165, 1.54) is 0 Å². The third-order valence-electron chi connectivity index (χ3n) is 3.19. The van der Waals surface area contributed by atoms with E-state index in [-0.39, 0.29) is 6.04 Å². The first-order valence-electron chi connectivity index (χ1n) is 6.39. The first-order valence-corrected chi connectivity index (χ1v) is 6.39. The van der Waals surface area contributed by atoms with Gasteiger partial charge in [-0.15, -0.1) is 0 Å². The van der Waals surface area contributed by atoms with E-state index >= 15 is 0 Å². The molecule has 1 saturated heterocycles. The minimum atomic E-state index is 0.272. The summed E-state index contributed by atoms with van der Waals surface area (Å²) in [6.45, 7) is 10.8. The molecular formula is C13H25NO2. The number of ether oxygens (including phenoxy) is 1. The van der Waals surface area contributed by atoms with Crippen molar-refractivity contribution >= 4 is 5.91 Å². The van der Waals surface area contributed by atoms with Crippen LogP contribution < -0.4 is 0 Å². The molecule has 1 heterocycles. The van der Waals surface area contributed by atoms with Gasteiger partial charge in [0.1, 0.15) is 0 Å². The van der Waals surface area contributed by atoms with Crippen LogP contribution in [0, 0.1) is 11.8 Å². The van der Waals surface area contributed by atoms with E-state index in [1.54, 1.807) is 0 Å².